The molecule has 0 fully saturated rings. The monoisotopic (exact) mass is 882 g/mol. The number of nitrogens with zero attached hydrogens (tertiary/aromatic N) is 4. The Morgan fingerprint density at radius 2 is 0.783 bits per heavy atom. The van der Waals surface area contributed by atoms with Crippen LogP contribution in [0.2, 0.25) is 0 Å². The van der Waals surface area contributed by atoms with Gasteiger partial charge in [-0.3, -0.25) is 0 Å². The van der Waals surface area contributed by atoms with Gasteiger partial charge in [-0.1, -0.05) is 170 Å². The number of hydrogen-bond donors (Lipinski definition) is 0. The lowest BCUT2D eigenvalue weighted by Crippen LogP contribution is -2.01. The fraction of sp³-hybridized carbons (Fsp3) is 0. The van der Waals surface area contributed by atoms with Crippen LogP contribution >= 0.6 is 0 Å². The molecule has 0 spiro atoms. The van der Waals surface area contributed by atoms with Crippen LogP contribution in [0.15, 0.2) is 239 Å². The number of hydrogen-bond acceptors (Lipinski definition) is 5. The largest absolute Gasteiger partial charge is 0.456 e. The fourth-order valence-corrected chi connectivity index (χ4v) is 10.2. The molecule has 0 saturated carbocycles. The van der Waals surface area contributed by atoms with Crippen LogP contribution in [-0.2, 0) is 0 Å². The minimum absolute atomic E-state index is 0.538. The van der Waals surface area contributed by atoms with Gasteiger partial charge in [0.1, 0.15) is 16.7 Å². The van der Waals surface area contributed by atoms with Gasteiger partial charge in [0.2, 0.25) is 0 Å². The lowest BCUT2D eigenvalue weighted by molar-refractivity contribution is 0.667. The lowest BCUT2D eigenvalue weighted by Gasteiger charge is -2.13. The van der Waals surface area contributed by atoms with E-state index in [9.17, 15) is 0 Å². The van der Waals surface area contributed by atoms with Crippen molar-refractivity contribution in [2.45, 2.75) is 0 Å². The molecule has 4 heterocycles. The highest BCUT2D eigenvalue weighted by atomic mass is 16.3. The van der Waals surface area contributed by atoms with Gasteiger partial charge in [0.05, 0.1) is 16.7 Å². The molecule has 0 bridgehead atoms. The first kappa shape index (κ1) is 38.8. The summed E-state index contributed by atoms with van der Waals surface area (Å²) in [5.41, 5.74) is 15.3. The van der Waals surface area contributed by atoms with Gasteiger partial charge in [-0.05, 0) is 88.5 Å². The van der Waals surface area contributed by atoms with Crippen molar-refractivity contribution >= 4 is 65.7 Å². The van der Waals surface area contributed by atoms with Crippen LogP contribution in [0.3, 0.4) is 0 Å². The number of rotatable bonds is 7. The van der Waals surface area contributed by atoms with Crippen LogP contribution < -0.4 is 0 Å². The average molecular weight is 883 g/mol. The van der Waals surface area contributed by atoms with Gasteiger partial charge in [-0.2, -0.15) is 0 Å². The van der Waals surface area contributed by atoms with Crippen molar-refractivity contribution in [3.8, 4) is 73.2 Å². The van der Waals surface area contributed by atoms with Crippen molar-refractivity contribution in [3.05, 3.63) is 231 Å². The third-order valence-electron chi connectivity index (χ3n) is 13.5. The molecule has 0 atom stereocenters. The van der Waals surface area contributed by atoms with Gasteiger partial charge in [0, 0.05) is 54.6 Å². The molecule has 0 saturated heterocycles. The van der Waals surface area contributed by atoms with E-state index in [1.807, 2.05) is 78.9 Å². The molecule has 10 aromatic carbocycles. The Labute approximate surface area is 396 Å². The van der Waals surface area contributed by atoms with Crippen LogP contribution in [-0.4, -0.2) is 19.5 Å². The van der Waals surface area contributed by atoms with Crippen molar-refractivity contribution in [3.63, 3.8) is 0 Å². The minimum Gasteiger partial charge on any atom is -0.456 e. The van der Waals surface area contributed by atoms with Gasteiger partial charge >= 0.3 is 0 Å². The number of para-hydroxylation sites is 2. The molecule has 0 N–H and O–H groups in total. The second-order valence-electron chi connectivity index (χ2n) is 17.5. The number of aromatic nitrogens is 4. The van der Waals surface area contributed by atoms with Crippen LogP contribution in [0.5, 0.6) is 0 Å². The molecule has 4 aromatic heterocycles. The lowest BCUT2D eigenvalue weighted by atomic mass is 9.95. The summed E-state index contributed by atoms with van der Waals surface area (Å²) in [6.45, 7) is 0. The summed E-state index contributed by atoms with van der Waals surface area (Å²) >= 11 is 0. The Morgan fingerprint density at radius 1 is 0.290 bits per heavy atom. The van der Waals surface area contributed by atoms with Crippen LogP contribution in [0, 0.1) is 0 Å². The van der Waals surface area contributed by atoms with Crippen LogP contribution in [0.25, 0.3) is 139 Å². The van der Waals surface area contributed by atoms with Gasteiger partial charge in [-0.25, -0.2) is 15.0 Å². The topological polar surface area (TPSA) is 69.9 Å². The minimum atomic E-state index is 0.538. The Hall–Kier alpha value is -9.39. The van der Waals surface area contributed by atoms with E-state index >= 15 is 0 Å². The Morgan fingerprint density at radius 3 is 1.41 bits per heavy atom. The quantitative estimate of drug-likeness (QED) is 0.159. The molecule has 0 aliphatic carbocycles. The van der Waals surface area contributed by atoms with Crippen molar-refractivity contribution in [1.29, 1.82) is 0 Å². The third-order valence-corrected chi connectivity index (χ3v) is 13.5. The summed E-state index contributed by atoms with van der Waals surface area (Å²) in [7, 11) is 0. The maximum Gasteiger partial charge on any atom is 0.164 e. The van der Waals surface area contributed by atoms with Crippen molar-refractivity contribution < 1.29 is 8.83 Å². The molecule has 0 amide bonds. The van der Waals surface area contributed by atoms with Crippen molar-refractivity contribution in [2.75, 3.05) is 0 Å². The highest BCUT2D eigenvalue weighted by Crippen LogP contribution is 2.46. The standard InChI is InChI=1S/C63H38N4O2/c1-5-16-39(17-6-1)43-29-34-53-51(36-43)52-37-44(40-18-7-2-8-19-40)30-35-54(52)67(53)55-26-15-25-48-49-32-33-50(63-65-61(41-20-9-3-10-21-41)64-62(66-63)42-22-11-4-12-23-42)58(60(49)69-59(48)55)45-28-31-47-46-24-13-14-27-56(46)68-57(47)38-45/h1-38H. The van der Waals surface area contributed by atoms with E-state index in [0.29, 0.717) is 17.5 Å². The zero-order valence-corrected chi connectivity index (χ0v) is 37.0. The van der Waals surface area contributed by atoms with Crippen molar-refractivity contribution in [2.24, 2.45) is 0 Å². The van der Waals surface area contributed by atoms with E-state index in [2.05, 4.69) is 156 Å². The third kappa shape index (κ3) is 6.38. The second kappa shape index (κ2) is 15.6. The van der Waals surface area contributed by atoms with Gasteiger partial charge in [-0.15, -0.1) is 0 Å². The summed E-state index contributed by atoms with van der Waals surface area (Å²) in [5, 5.41) is 6.43. The van der Waals surface area contributed by atoms with E-state index in [-0.39, 0.29) is 0 Å². The summed E-state index contributed by atoms with van der Waals surface area (Å²) in [6, 6.07) is 80.4. The van der Waals surface area contributed by atoms with Crippen LogP contribution in [0.1, 0.15) is 0 Å². The molecule has 0 radical (unpaired) electrons. The predicted molar refractivity (Wildman–Crippen MR) is 281 cm³/mol. The molecule has 14 aromatic rings. The van der Waals surface area contributed by atoms with Crippen LogP contribution in [0.4, 0.5) is 0 Å². The second-order valence-corrected chi connectivity index (χ2v) is 17.5. The number of benzene rings is 10. The summed E-state index contributed by atoms with van der Waals surface area (Å²) in [5.74, 6) is 1.71. The zero-order valence-electron chi connectivity index (χ0n) is 37.0. The molecule has 0 aliphatic rings. The molecule has 0 aliphatic heterocycles. The molecule has 14 rings (SSSR count). The molecule has 322 valence electrons. The van der Waals surface area contributed by atoms with Gasteiger partial charge < -0.3 is 13.4 Å². The smallest absolute Gasteiger partial charge is 0.164 e. The summed E-state index contributed by atoms with van der Waals surface area (Å²) in [4.78, 5) is 15.5. The molecule has 0 unspecified atom stereocenters. The fourth-order valence-electron chi connectivity index (χ4n) is 10.2. The zero-order chi connectivity index (χ0) is 45.4. The van der Waals surface area contributed by atoms with Gasteiger partial charge in [0.25, 0.3) is 0 Å². The Balaban J connectivity index is 1.05. The maximum absolute atomic E-state index is 7.42. The van der Waals surface area contributed by atoms with E-state index in [1.165, 1.54) is 11.1 Å². The summed E-state index contributed by atoms with van der Waals surface area (Å²) < 4.78 is 16.3. The average Bonchev–Trinajstić information content (AvgIpc) is 4.10. The van der Waals surface area contributed by atoms with E-state index < -0.39 is 0 Å². The SMILES string of the molecule is c1ccc(-c2ccc3c(c2)c2cc(-c4ccccc4)ccc2n3-c2cccc3c2oc2c(-c4ccc5c(c4)oc4ccccc45)c(-c4nc(-c5ccccc5)nc(-c5ccccc5)n4)ccc23)cc1. The molecule has 69 heavy (non-hydrogen) atoms. The van der Waals surface area contributed by atoms with E-state index in [4.69, 9.17) is 23.8 Å². The Kier molecular flexibility index (Phi) is 8.79. The molecule has 6 heteroatoms. The molecular formula is C63H38N4O2. The number of fused-ring (bicyclic) bond motifs is 9. The van der Waals surface area contributed by atoms with E-state index in [0.717, 1.165) is 110 Å². The first-order valence-electron chi connectivity index (χ1n) is 23.2. The maximum atomic E-state index is 7.42. The van der Waals surface area contributed by atoms with Crippen molar-refractivity contribution in [1.82, 2.24) is 19.5 Å². The Bertz CT molecular complexity index is 4130. The number of furan rings is 2. The first-order valence-corrected chi connectivity index (χ1v) is 23.2. The molecule has 6 nitrogen and oxygen atoms in total. The highest BCUT2D eigenvalue weighted by molar-refractivity contribution is 6.17. The first-order chi connectivity index (χ1) is 34.2. The van der Waals surface area contributed by atoms with E-state index in [1.54, 1.807) is 0 Å². The highest BCUT2D eigenvalue weighted by Gasteiger charge is 2.25. The van der Waals surface area contributed by atoms with Gasteiger partial charge in [0.15, 0.2) is 23.1 Å². The molecular weight excluding hydrogens is 845 g/mol. The normalized spacial score (nSPS) is 11.8. The summed E-state index contributed by atoms with van der Waals surface area (Å²) in [6.07, 6.45) is 0. The predicted octanol–water partition coefficient (Wildman–Crippen LogP) is 16.8.